The van der Waals surface area contributed by atoms with Crippen molar-refractivity contribution in [1.82, 2.24) is 15.2 Å². The summed E-state index contributed by atoms with van der Waals surface area (Å²) in [6.45, 7) is 9.83. The van der Waals surface area contributed by atoms with Crippen LogP contribution in [0.2, 0.25) is 0 Å². The summed E-state index contributed by atoms with van der Waals surface area (Å²) in [5.74, 6) is -0.406. The average molecular weight is 357 g/mol. The van der Waals surface area contributed by atoms with E-state index in [1.54, 1.807) is 6.92 Å². The highest BCUT2D eigenvalue weighted by atomic mass is 16.5. The molecule has 0 atom stereocenters. The highest BCUT2D eigenvalue weighted by molar-refractivity contribution is 5.98. The summed E-state index contributed by atoms with van der Waals surface area (Å²) in [4.78, 5) is 31.2. The topological polar surface area (TPSA) is 71.5 Å². The van der Waals surface area contributed by atoms with E-state index in [0.29, 0.717) is 37.5 Å². The third-order valence-electron chi connectivity index (χ3n) is 4.27. The predicted octanol–water partition coefficient (Wildman–Crippen LogP) is 2.68. The van der Waals surface area contributed by atoms with E-state index in [2.05, 4.69) is 5.32 Å². The highest BCUT2D eigenvalue weighted by Gasteiger charge is 2.22. The van der Waals surface area contributed by atoms with Crippen LogP contribution < -0.4 is 5.32 Å². The molecule has 0 fully saturated rings. The number of esters is 1. The van der Waals surface area contributed by atoms with Crippen LogP contribution in [0.15, 0.2) is 24.3 Å². The number of nitrogens with zero attached hydrogens (tertiary/aromatic N) is 2. The van der Waals surface area contributed by atoms with Crippen molar-refractivity contribution in [2.24, 2.45) is 0 Å². The zero-order chi connectivity index (χ0) is 19.1. The number of fused-ring (bicyclic) bond motifs is 1. The van der Waals surface area contributed by atoms with Crippen LogP contribution in [0.25, 0.3) is 10.9 Å². The minimum atomic E-state index is -0.368. The Morgan fingerprint density at radius 3 is 2.58 bits per heavy atom. The molecule has 0 aliphatic heterocycles. The molecule has 6 nitrogen and oxygen atoms in total. The number of rotatable bonds is 8. The molecule has 0 spiro atoms. The van der Waals surface area contributed by atoms with E-state index in [1.807, 2.05) is 49.9 Å². The second-order valence-corrected chi connectivity index (χ2v) is 6.05. The molecule has 0 bridgehead atoms. The molecule has 0 radical (unpaired) electrons. The van der Waals surface area contributed by atoms with Gasteiger partial charge in [-0.2, -0.15) is 0 Å². The first-order valence-corrected chi connectivity index (χ1v) is 9.06. The molecule has 0 unspecified atom stereocenters. The van der Waals surface area contributed by atoms with Gasteiger partial charge in [0.15, 0.2) is 0 Å². The summed E-state index contributed by atoms with van der Waals surface area (Å²) in [5.41, 5.74) is 2.84. The van der Waals surface area contributed by atoms with E-state index in [4.69, 9.17) is 9.72 Å². The molecule has 6 heteroatoms. The number of likely N-dealkylation sites (N-methyl/N-ethyl adjacent to an activating group) is 2. The molecule has 140 valence electrons. The first-order valence-electron chi connectivity index (χ1n) is 9.06. The maximum Gasteiger partial charge on any atom is 0.340 e. The van der Waals surface area contributed by atoms with E-state index < -0.39 is 0 Å². The first-order chi connectivity index (χ1) is 12.5. The molecule has 0 saturated heterocycles. The monoisotopic (exact) mass is 357 g/mol. The SMILES string of the molecule is CCNC(=O)CN(CC)Cc1nc2ccccc2c(C)c1C(=O)OCC. The Kier molecular flexibility index (Phi) is 7.09. The Labute approximate surface area is 154 Å². The Hall–Kier alpha value is -2.47. The van der Waals surface area contributed by atoms with Gasteiger partial charge in [0.25, 0.3) is 0 Å². The molecule has 2 rings (SSSR count). The average Bonchev–Trinajstić information content (AvgIpc) is 2.61. The van der Waals surface area contributed by atoms with Crippen molar-refractivity contribution in [3.05, 3.63) is 41.1 Å². The Morgan fingerprint density at radius 1 is 1.19 bits per heavy atom. The fraction of sp³-hybridized carbons (Fsp3) is 0.450. The van der Waals surface area contributed by atoms with Crippen molar-refractivity contribution in [2.75, 3.05) is 26.2 Å². The van der Waals surface area contributed by atoms with Gasteiger partial charge in [-0.3, -0.25) is 14.7 Å². The van der Waals surface area contributed by atoms with Crippen LogP contribution in [-0.2, 0) is 16.1 Å². The van der Waals surface area contributed by atoms with Gasteiger partial charge in [-0.05, 0) is 38.9 Å². The zero-order valence-electron chi connectivity index (χ0n) is 16.0. The Balaban J connectivity index is 2.44. The van der Waals surface area contributed by atoms with Crippen molar-refractivity contribution >= 4 is 22.8 Å². The standard InChI is InChI=1S/C20H27N3O3/c1-5-21-18(24)13-23(6-2)12-17-19(20(25)26-7-3)14(4)15-10-8-9-11-16(15)22-17/h8-11H,5-7,12-13H2,1-4H3,(H,21,24). The largest absolute Gasteiger partial charge is 0.462 e. The van der Waals surface area contributed by atoms with E-state index in [-0.39, 0.29) is 18.4 Å². The molecule has 1 aromatic carbocycles. The summed E-state index contributed by atoms with van der Waals surface area (Å²) in [6.07, 6.45) is 0. The van der Waals surface area contributed by atoms with E-state index in [0.717, 1.165) is 16.5 Å². The summed E-state index contributed by atoms with van der Waals surface area (Å²) >= 11 is 0. The van der Waals surface area contributed by atoms with E-state index in [1.165, 1.54) is 0 Å². The molecule has 0 aliphatic carbocycles. The van der Waals surface area contributed by atoms with Gasteiger partial charge in [-0.25, -0.2) is 4.79 Å². The van der Waals surface area contributed by atoms with Gasteiger partial charge < -0.3 is 10.1 Å². The lowest BCUT2D eigenvalue weighted by molar-refractivity contribution is -0.122. The van der Waals surface area contributed by atoms with Gasteiger partial charge in [-0.15, -0.1) is 0 Å². The second kappa shape index (κ2) is 9.29. The number of pyridine rings is 1. The van der Waals surface area contributed by atoms with Gasteiger partial charge in [0, 0.05) is 18.5 Å². The number of para-hydroxylation sites is 1. The molecular formula is C20H27N3O3. The summed E-state index contributed by atoms with van der Waals surface area (Å²) in [7, 11) is 0. The second-order valence-electron chi connectivity index (χ2n) is 6.05. The summed E-state index contributed by atoms with van der Waals surface area (Å²) < 4.78 is 5.26. The van der Waals surface area contributed by atoms with Crippen molar-refractivity contribution in [2.45, 2.75) is 34.2 Å². The van der Waals surface area contributed by atoms with Crippen molar-refractivity contribution < 1.29 is 14.3 Å². The number of aromatic nitrogens is 1. The minimum Gasteiger partial charge on any atom is -0.462 e. The van der Waals surface area contributed by atoms with Gasteiger partial charge in [0.05, 0.1) is 29.9 Å². The molecule has 2 aromatic rings. The minimum absolute atomic E-state index is 0.0375. The molecule has 1 N–H and O–H groups in total. The van der Waals surface area contributed by atoms with Crippen LogP contribution in [0.5, 0.6) is 0 Å². The number of benzene rings is 1. The maximum absolute atomic E-state index is 12.6. The normalized spacial score (nSPS) is 11.0. The molecule has 0 saturated carbocycles. The number of nitrogens with one attached hydrogen (secondary N) is 1. The smallest absolute Gasteiger partial charge is 0.340 e. The summed E-state index contributed by atoms with van der Waals surface area (Å²) in [5, 5.41) is 3.74. The van der Waals surface area contributed by atoms with Crippen molar-refractivity contribution in [3.8, 4) is 0 Å². The number of carbonyl (C=O) groups is 2. The van der Waals surface area contributed by atoms with Crippen LogP contribution in [-0.4, -0.2) is 48.0 Å². The van der Waals surface area contributed by atoms with E-state index >= 15 is 0 Å². The predicted molar refractivity (Wildman–Crippen MR) is 102 cm³/mol. The number of ether oxygens (including phenoxy) is 1. The molecule has 1 aromatic heterocycles. The Morgan fingerprint density at radius 2 is 1.92 bits per heavy atom. The fourth-order valence-electron chi connectivity index (χ4n) is 2.98. The van der Waals surface area contributed by atoms with Gasteiger partial charge in [0.2, 0.25) is 5.91 Å². The van der Waals surface area contributed by atoms with Crippen LogP contribution in [0, 0.1) is 6.92 Å². The Bertz CT molecular complexity index is 789. The van der Waals surface area contributed by atoms with Crippen LogP contribution in [0.3, 0.4) is 0 Å². The van der Waals surface area contributed by atoms with Crippen LogP contribution in [0.1, 0.15) is 42.4 Å². The van der Waals surface area contributed by atoms with Gasteiger partial charge in [-0.1, -0.05) is 25.1 Å². The molecular weight excluding hydrogens is 330 g/mol. The number of hydrogen-bond donors (Lipinski definition) is 1. The van der Waals surface area contributed by atoms with Crippen LogP contribution >= 0.6 is 0 Å². The lowest BCUT2D eigenvalue weighted by Crippen LogP contribution is -2.37. The van der Waals surface area contributed by atoms with Gasteiger partial charge in [0.1, 0.15) is 0 Å². The quantitative estimate of drug-likeness (QED) is 0.736. The fourth-order valence-corrected chi connectivity index (χ4v) is 2.98. The number of hydrogen-bond acceptors (Lipinski definition) is 5. The summed E-state index contributed by atoms with van der Waals surface area (Å²) in [6, 6.07) is 7.74. The lowest BCUT2D eigenvalue weighted by Gasteiger charge is -2.22. The molecule has 0 aliphatic rings. The zero-order valence-corrected chi connectivity index (χ0v) is 16.0. The van der Waals surface area contributed by atoms with Gasteiger partial charge >= 0.3 is 5.97 Å². The highest BCUT2D eigenvalue weighted by Crippen LogP contribution is 2.24. The number of amides is 1. The van der Waals surface area contributed by atoms with Crippen molar-refractivity contribution in [3.63, 3.8) is 0 Å². The number of aryl methyl sites for hydroxylation is 1. The molecule has 1 amide bonds. The maximum atomic E-state index is 12.6. The number of carbonyl (C=O) groups excluding carboxylic acids is 2. The lowest BCUT2D eigenvalue weighted by atomic mass is 10.0. The van der Waals surface area contributed by atoms with Crippen LogP contribution in [0.4, 0.5) is 0 Å². The molecule has 26 heavy (non-hydrogen) atoms. The third-order valence-corrected chi connectivity index (χ3v) is 4.27. The van der Waals surface area contributed by atoms with E-state index in [9.17, 15) is 9.59 Å². The molecule has 1 heterocycles. The van der Waals surface area contributed by atoms with Crippen molar-refractivity contribution in [1.29, 1.82) is 0 Å². The third kappa shape index (κ3) is 4.58. The first kappa shape index (κ1) is 19.8.